The number of nitrogens with one attached hydrogen (secondary N) is 1. The lowest BCUT2D eigenvalue weighted by atomic mass is 10.1. The van der Waals surface area contributed by atoms with Crippen molar-refractivity contribution >= 4 is 39.8 Å². The van der Waals surface area contributed by atoms with Crippen molar-refractivity contribution in [2.75, 3.05) is 26.1 Å². The second-order valence-corrected chi connectivity index (χ2v) is 12.7. The maximum Gasteiger partial charge on any atom is 0.411 e. The lowest BCUT2D eigenvalue weighted by Crippen LogP contribution is -2.41. The third kappa shape index (κ3) is 4.66. The fraction of sp³-hybridized carbons (Fsp3) is 0.382. The zero-order valence-corrected chi connectivity index (χ0v) is 26.1. The molecule has 2 saturated carbocycles. The largest absolute Gasteiger partial charge is 0.494 e. The van der Waals surface area contributed by atoms with Crippen molar-refractivity contribution in [1.29, 1.82) is 0 Å². The number of carbonyl (C=O) groups is 2. The molecule has 1 aromatic carbocycles. The number of imidazole rings is 1. The van der Waals surface area contributed by atoms with Gasteiger partial charge in [-0.2, -0.15) is 0 Å². The molecule has 12 heteroatoms. The molecule has 1 saturated heterocycles. The van der Waals surface area contributed by atoms with Crippen molar-refractivity contribution in [2.45, 2.75) is 44.3 Å². The number of anilines is 1. The normalized spacial score (nSPS) is 20.5. The van der Waals surface area contributed by atoms with Crippen molar-refractivity contribution in [2.24, 2.45) is 24.6 Å². The highest BCUT2D eigenvalue weighted by molar-refractivity contribution is 6.00. The molecule has 12 nitrogen and oxygen atoms in total. The number of carbonyl (C=O) groups excluding carboxylic acids is 2. The molecule has 2 amide bonds. The van der Waals surface area contributed by atoms with E-state index in [0.29, 0.717) is 46.6 Å². The highest BCUT2D eigenvalue weighted by Crippen LogP contribution is 2.40. The molecule has 3 fully saturated rings. The van der Waals surface area contributed by atoms with E-state index in [0.717, 1.165) is 53.1 Å². The van der Waals surface area contributed by atoms with Crippen LogP contribution in [0.4, 0.5) is 10.5 Å². The van der Waals surface area contributed by atoms with Gasteiger partial charge in [-0.3, -0.25) is 15.1 Å². The van der Waals surface area contributed by atoms with E-state index < -0.39 is 6.09 Å². The summed E-state index contributed by atoms with van der Waals surface area (Å²) in [5, 5.41) is 3.62. The Morgan fingerprint density at radius 2 is 1.85 bits per heavy atom. The van der Waals surface area contributed by atoms with E-state index in [2.05, 4.69) is 31.7 Å². The molecule has 236 valence electrons. The Bertz CT molecular complexity index is 2010. The molecule has 2 unspecified atom stereocenters. The molecule has 5 aromatic rings. The van der Waals surface area contributed by atoms with Crippen LogP contribution in [-0.4, -0.2) is 73.8 Å². The van der Waals surface area contributed by atoms with Crippen molar-refractivity contribution < 1.29 is 19.1 Å². The van der Waals surface area contributed by atoms with Crippen LogP contribution in [0.3, 0.4) is 0 Å². The number of nitrogens with two attached hydrogens (primary N) is 1. The number of hydrogen-bond donors (Lipinski definition) is 2. The van der Waals surface area contributed by atoms with Gasteiger partial charge in [0.15, 0.2) is 5.82 Å². The van der Waals surface area contributed by atoms with Crippen LogP contribution in [0.15, 0.2) is 48.7 Å². The van der Waals surface area contributed by atoms with Crippen LogP contribution < -0.4 is 15.8 Å². The van der Waals surface area contributed by atoms with Gasteiger partial charge in [0.25, 0.3) is 5.91 Å². The summed E-state index contributed by atoms with van der Waals surface area (Å²) in [6, 6.07) is 13.6. The number of piperidine rings is 1. The molecule has 46 heavy (non-hydrogen) atoms. The Hall–Kier alpha value is -4.97. The number of aryl methyl sites for hydroxylation is 1. The van der Waals surface area contributed by atoms with Crippen LogP contribution in [0.25, 0.3) is 45.0 Å². The molecular formula is C34H36N8O4. The van der Waals surface area contributed by atoms with Gasteiger partial charge in [-0.1, -0.05) is 0 Å². The number of pyridine rings is 2. The third-order valence-electron chi connectivity index (χ3n) is 9.88. The predicted octanol–water partition coefficient (Wildman–Crippen LogP) is 4.81. The Kier molecular flexibility index (Phi) is 6.71. The monoisotopic (exact) mass is 620 g/mol. The van der Waals surface area contributed by atoms with Gasteiger partial charge < -0.3 is 29.2 Å². The molecule has 5 heterocycles. The summed E-state index contributed by atoms with van der Waals surface area (Å²) in [7, 11) is 4.93. The summed E-state index contributed by atoms with van der Waals surface area (Å²) >= 11 is 0. The number of benzene rings is 1. The van der Waals surface area contributed by atoms with E-state index in [4.69, 9.17) is 20.4 Å². The summed E-state index contributed by atoms with van der Waals surface area (Å²) in [4.78, 5) is 41.9. The molecule has 8 rings (SSSR count). The highest BCUT2D eigenvalue weighted by Gasteiger charge is 2.47. The smallest absolute Gasteiger partial charge is 0.411 e. The first kappa shape index (κ1) is 28.5. The first-order chi connectivity index (χ1) is 22.3. The zero-order valence-electron chi connectivity index (χ0n) is 26.1. The molecule has 2 aliphatic carbocycles. The van der Waals surface area contributed by atoms with Gasteiger partial charge in [-0.15, -0.1) is 0 Å². The number of likely N-dealkylation sites (tertiary alicyclic amines) is 1. The van der Waals surface area contributed by atoms with Crippen molar-refractivity contribution in [3.05, 3.63) is 54.2 Å². The fourth-order valence-corrected chi connectivity index (χ4v) is 7.25. The number of amides is 2. The summed E-state index contributed by atoms with van der Waals surface area (Å²) in [5.41, 5.74) is 12.3. The number of fused-ring (bicyclic) bond motifs is 4. The lowest BCUT2D eigenvalue weighted by Gasteiger charge is -2.27. The number of aromatic nitrogens is 5. The molecule has 3 N–H and O–H groups in total. The van der Waals surface area contributed by atoms with Gasteiger partial charge >= 0.3 is 6.09 Å². The minimum absolute atomic E-state index is 0.0163. The van der Waals surface area contributed by atoms with Crippen LogP contribution in [0.5, 0.6) is 5.75 Å². The van der Waals surface area contributed by atoms with E-state index in [1.807, 2.05) is 40.8 Å². The van der Waals surface area contributed by atoms with Gasteiger partial charge in [-0.25, -0.2) is 14.8 Å². The van der Waals surface area contributed by atoms with E-state index in [1.54, 1.807) is 19.4 Å². The van der Waals surface area contributed by atoms with E-state index >= 15 is 0 Å². The van der Waals surface area contributed by atoms with Crippen LogP contribution >= 0.6 is 0 Å². The zero-order chi connectivity index (χ0) is 31.7. The molecule has 0 spiro atoms. The van der Waals surface area contributed by atoms with Crippen LogP contribution in [0.1, 0.15) is 36.0 Å². The maximum absolute atomic E-state index is 13.7. The van der Waals surface area contributed by atoms with Crippen molar-refractivity contribution in [3.8, 4) is 28.7 Å². The van der Waals surface area contributed by atoms with Crippen LogP contribution in [0.2, 0.25) is 0 Å². The molecule has 0 radical (unpaired) electrons. The average molecular weight is 621 g/mol. The highest BCUT2D eigenvalue weighted by atomic mass is 16.5. The summed E-state index contributed by atoms with van der Waals surface area (Å²) in [5.74, 6) is 2.32. The second-order valence-electron chi connectivity index (χ2n) is 12.7. The van der Waals surface area contributed by atoms with Crippen molar-refractivity contribution in [3.63, 3.8) is 0 Å². The first-order valence-corrected chi connectivity index (χ1v) is 15.8. The first-order valence-electron chi connectivity index (χ1n) is 15.8. The van der Waals surface area contributed by atoms with Crippen LogP contribution in [-0.2, 0) is 18.3 Å². The molecule has 4 aromatic heterocycles. The minimum Gasteiger partial charge on any atom is -0.494 e. The Labute approximate surface area is 265 Å². The lowest BCUT2D eigenvalue weighted by molar-refractivity contribution is 0.0700. The topological polar surface area (TPSA) is 142 Å². The predicted molar refractivity (Wildman–Crippen MR) is 173 cm³/mol. The third-order valence-corrected chi connectivity index (χ3v) is 9.88. The summed E-state index contributed by atoms with van der Waals surface area (Å²) in [6.07, 6.45) is 5.44. The van der Waals surface area contributed by atoms with E-state index in [9.17, 15) is 9.59 Å². The molecule has 1 aliphatic heterocycles. The van der Waals surface area contributed by atoms with Crippen LogP contribution in [0, 0.1) is 11.8 Å². The SMILES string of the molecule is COC(=O)Nc1ccc(-c2ccc3cc(-c4nc5cc(C(=O)N6CC7CCC6[C@@H]7N)cc(OC)c5n4C)n(CC4CC4)c3n2)nc1. The number of ether oxygens (including phenoxy) is 2. The molecule has 3 aliphatic rings. The number of nitrogens with zero attached hydrogens (tertiary/aromatic N) is 6. The van der Waals surface area contributed by atoms with Gasteiger partial charge in [-0.05, 0) is 80.0 Å². The van der Waals surface area contributed by atoms with Gasteiger partial charge in [0.1, 0.15) is 16.9 Å². The number of rotatable bonds is 7. The standard InChI is InChI=1S/C34H36N8O4/c1-40-30-25(12-21(14-28(30)45-2)33(43)42-17-20-7-11-26(42)29(20)35)39-32(40)27-13-19-6-9-24(38-31(19)41(27)16-18-4-5-18)23-10-8-22(15-36-23)37-34(44)46-3/h6,8-10,12-15,18,20,26,29H,4-5,7,11,16-17,35H2,1-3H3,(H,37,44)/t20?,26?,29-/m1/s1. The molecular weight excluding hydrogens is 584 g/mol. The molecule has 3 atom stereocenters. The Morgan fingerprint density at radius 3 is 2.52 bits per heavy atom. The average Bonchev–Trinajstić information content (AvgIpc) is 3.48. The molecule has 2 bridgehead atoms. The quantitative estimate of drug-likeness (QED) is 0.264. The summed E-state index contributed by atoms with van der Waals surface area (Å²) in [6.45, 7) is 1.53. The number of methoxy groups -OCH3 is 2. The maximum atomic E-state index is 13.7. The van der Waals surface area contributed by atoms with Gasteiger partial charge in [0, 0.05) is 43.2 Å². The van der Waals surface area contributed by atoms with E-state index in [-0.39, 0.29) is 18.0 Å². The van der Waals surface area contributed by atoms with E-state index in [1.165, 1.54) is 20.0 Å². The fourth-order valence-electron chi connectivity index (χ4n) is 7.25. The minimum atomic E-state index is -0.551. The summed E-state index contributed by atoms with van der Waals surface area (Å²) < 4.78 is 14.8. The Balaban J connectivity index is 1.19. The Morgan fingerprint density at radius 1 is 1.02 bits per heavy atom. The van der Waals surface area contributed by atoms with Gasteiger partial charge in [0.2, 0.25) is 0 Å². The van der Waals surface area contributed by atoms with Gasteiger partial charge in [0.05, 0.1) is 48.7 Å². The number of hydrogen-bond acceptors (Lipinski definition) is 8. The second kappa shape index (κ2) is 10.8. The van der Waals surface area contributed by atoms with Crippen molar-refractivity contribution in [1.82, 2.24) is 29.0 Å².